The second-order valence-corrected chi connectivity index (χ2v) is 30.2. The quantitative estimate of drug-likeness (QED) is 0.0169. The highest BCUT2D eigenvalue weighted by atomic mass is 31.2. The molecule has 0 aliphatic heterocycles. The number of aliphatic hydroxyl groups is 1. The van der Waals surface area contributed by atoms with Crippen molar-refractivity contribution in [3.8, 4) is 0 Å². The van der Waals surface area contributed by atoms with E-state index < -0.39 is 97.5 Å². The summed E-state index contributed by atoms with van der Waals surface area (Å²) in [4.78, 5) is 73.2. The molecule has 3 N–H and O–H groups in total. The molecule has 0 amide bonds. The van der Waals surface area contributed by atoms with Crippen LogP contribution in [0.25, 0.3) is 0 Å². The van der Waals surface area contributed by atoms with Crippen LogP contribution < -0.4 is 0 Å². The van der Waals surface area contributed by atoms with Gasteiger partial charge in [0.2, 0.25) is 0 Å². The van der Waals surface area contributed by atoms with Gasteiger partial charge in [-0.2, -0.15) is 0 Å². The lowest BCUT2D eigenvalue weighted by Crippen LogP contribution is -2.30. The van der Waals surface area contributed by atoms with E-state index in [-0.39, 0.29) is 25.7 Å². The van der Waals surface area contributed by atoms with Gasteiger partial charge in [0, 0.05) is 25.7 Å². The van der Waals surface area contributed by atoms with Crippen molar-refractivity contribution in [2.75, 3.05) is 39.6 Å². The minimum Gasteiger partial charge on any atom is -0.462 e. The third-order valence-electron chi connectivity index (χ3n) is 17.0. The summed E-state index contributed by atoms with van der Waals surface area (Å²) in [5, 5.41) is 10.7. The van der Waals surface area contributed by atoms with Crippen molar-refractivity contribution in [2.45, 2.75) is 341 Å². The Balaban J connectivity index is 5.43. The molecular weight excluding hydrogens is 1400 g/mol. The van der Waals surface area contributed by atoms with Crippen molar-refractivity contribution in [1.29, 1.82) is 0 Å². The van der Waals surface area contributed by atoms with Crippen LogP contribution in [0, 0.1) is 0 Å². The summed E-state index contributed by atoms with van der Waals surface area (Å²) >= 11 is 0. The molecule has 0 aliphatic carbocycles. The molecule has 0 bridgehead atoms. The fourth-order valence-corrected chi connectivity index (χ4v) is 12.3. The molecule has 19 heteroatoms. The molecule has 0 aliphatic rings. The molecule has 0 aromatic heterocycles. The number of hydrogen-bond donors (Lipinski definition) is 3. The van der Waals surface area contributed by atoms with Crippen LogP contribution in [0.3, 0.4) is 0 Å². The fraction of sp³-hybridized carbons (Fsp3) is 0.663. The number of rotatable bonds is 77. The smallest absolute Gasteiger partial charge is 0.462 e. The first-order chi connectivity index (χ1) is 52.7. The number of carbonyl (C=O) groups is 4. The summed E-state index contributed by atoms with van der Waals surface area (Å²) in [5.74, 6) is -2.25. The number of ether oxygens (including phenoxy) is 4. The van der Waals surface area contributed by atoms with Crippen molar-refractivity contribution in [3.05, 3.63) is 158 Å². The van der Waals surface area contributed by atoms with Crippen LogP contribution in [0.5, 0.6) is 0 Å². The summed E-state index contributed by atoms with van der Waals surface area (Å²) in [5.41, 5.74) is 0. The van der Waals surface area contributed by atoms with Crippen LogP contribution >= 0.6 is 15.6 Å². The number of aliphatic hydroxyl groups excluding tert-OH is 1. The van der Waals surface area contributed by atoms with E-state index in [1.54, 1.807) is 0 Å². The van der Waals surface area contributed by atoms with E-state index in [4.69, 9.17) is 37.0 Å². The normalized spacial score (nSPS) is 14.6. The molecular formula is C89H148O17P2. The molecule has 0 saturated heterocycles. The topological polar surface area (TPSA) is 237 Å². The van der Waals surface area contributed by atoms with Crippen molar-refractivity contribution in [2.24, 2.45) is 0 Å². The van der Waals surface area contributed by atoms with E-state index in [1.807, 2.05) is 0 Å². The molecule has 0 heterocycles. The monoisotopic (exact) mass is 1550 g/mol. The first-order valence-electron chi connectivity index (χ1n) is 41.7. The van der Waals surface area contributed by atoms with Crippen LogP contribution in [-0.4, -0.2) is 96.7 Å². The van der Waals surface area contributed by atoms with Gasteiger partial charge >= 0.3 is 39.5 Å². The van der Waals surface area contributed by atoms with Gasteiger partial charge in [-0.25, -0.2) is 9.13 Å². The largest absolute Gasteiger partial charge is 0.472 e. The maximum Gasteiger partial charge on any atom is 0.472 e. The number of unbranched alkanes of at least 4 members (excludes halogenated alkanes) is 25. The second kappa shape index (κ2) is 79.8. The maximum absolute atomic E-state index is 13.1. The van der Waals surface area contributed by atoms with Gasteiger partial charge in [-0.3, -0.25) is 37.3 Å². The van der Waals surface area contributed by atoms with Gasteiger partial charge in [-0.05, 0) is 167 Å². The average Bonchev–Trinajstić information content (AvgIpc) is 0.901. The number of hydrogen-bond acceptors (Lipinski definition) is 15. The molecule has 0 fully saturated rings. The molecule has 0 spiro atoms. The molecule has 5 unspecified atom stereocenters. The van der Waals surface area contributed by atoms with Crippen LogP contribution in [-0.2, 0) is 65.4 Å². The fourth-order valence-electron chi connectivity index (χ4n) is 10.7. The van der Waals surface area contributed by atoms with E-state index in [0.717, 1.165) is 225 Å². The van der Waals surface area contributed by atoms with E-state index in [2.05, 4.69) is 186 Å². The summed E-state index contributed by atoms with van der Waals surface area (Å²) in [7, 11) is -9.99. The number of allylic oxidation sites excluding steroid dienone is 26. The number of esters is 4. The molecule has 0 radical (unpaired) electrons. The van der Waals surface area contributed by atoms with Gasteiger partial charge in [0.25, 0.3) is 0 Å². The second-order valence-electron chi connectivity index (χ2n) is 27.3. The highest BCUT2D eigenvalue weighted by molar-refractivity contribution is 7.47. The summed E-state index contributed by atoms with van der Waals surface area (Å²) in [6, 6.07) is 0. The zero-order valence-electron chi connectivity index (χ0n) is 67.5. The number of phosphoric acid groups is 2. The lowest BCUT2D eigenvalue weighted by Gasteiger charge is -2.21. The Morgan fingerprint density at radius 1 is 0.269 bits per heavy atom. The van der Waals surface area contributed by atoms with Crippen molar-refractivity contribution in [1.82, 2.24) is 0 Å². The number of phosphoric ester groups is 2. The average molecular weight is 1550 g/mol. The van der Waals surface area contributed by atoms with E-state index >= 15 is 0 Å². The maximum atomic E-state index is 13.1. The standard InChI is InChI=1S/C89H148O17P2/c1-5-9-13-17-21-25-29-33-37-40-41-44-47-50-54-58-62-66-70-74-87(92)100-79-84(105-88(93)75-71-67-63-59-55-51-45-36-32-28-24-20-16-12-8-4)81-103-107(95,96)101-77-83(90)78-102-108(97,98)104-82-85(106-89(94)76-72-68-64-60-56-52-48-43-39-35-31-27-23-19-15-11-7-3)80-99-86(91)73-69-65-61-57-53-49-46-42-38-34-30-26-22-18-14-10-6-2/h10-12,14-16,21-28,33-39,41,44-46,49,83-85,90H,5-9,13,17-20,29-32,40,42-43,47-48,50-82H2,1-4H3,(H,95,96)(H,97,98)/b14-10-,15-11-,16-12-,25-21-,26-22-,27-23-,28-24-,37-33-,38-34-,39-35-,44-41-,45-36-,49-46-. The predicted molar refractivity (Wildman–Crippen MR) is 445 cm³/mol. The van der Waals surface area contributed by atoms with E-state index in [1.165, 1.54) is 19.3 Å². The van der Waals surface area contributed by atoms with Crippen molar-refractivity contribution in [3.63, 3.8) is 0 Å². The van der Waals surface area contributed by atoms with Crippen molar-refractivity contribution >= 4 is 39.5 Å². The van der Waals surface area contributed by atoms with Gasteiger partial charge in [-0.1, -0.05) is 288 Å². The zero-order chi connectivity index (χ0) is 78.9. The van der Waals surface area contributed by atoms with Crippen LogP contribution in [0.15, 0.2) is 158 Å². The van der Waals surface area contributed by atoms with E-state index in [0.29, 0.717) is 25.7 Å². The summed E-state index contributed by atoms with van der Waals surface area (Å²) < 4.78 is 68.7. The van der Waals surface area contributed by atoms with Crippen LogP contribution in [0.2, 0.25) is 0 Å². The first kappa shape index (κ1) is 103. The van der Waals surface area contributed by atoms with Gasteiger partial charge in [0.05, 0.1) is 26.4 Å². The van der Waals surface area contributed by atoms with Gasteiger partial charge < -0.3 is 33.8 Å². The SMILES string of the molecule is CC/C=C\C/C=C\C/C=C\C/C=C\CCCCCCC(=O)OCC(COP(=O)(O)OCC(O)COP(=O)(O)OCC(COC(=O)CCCCCCCC/C=C\C/C=C\C/C=C\CCCCC)OC(=O)CCCCCCC/C=C\C/C=C\C/C=C\CC)OC(=O)CCCCCCCCC/C=C\C/C=C\C/C=C\CC. The molecule has 616 valence electrons. The van der Waals surface area contributed by atoms with Crippen molar-refractivity contribution < 1.29 is 80.2 Å². The van der Waals surface area contributed by atoms with E-state index in [9.17, 15) is 43.2 Å². The van der Waals surface area contributed by atoms with Crippen LogP contribution in [0.1, 0.15) is 323 Å². The Morgan fingerprint density at radius 2 is 0.481 bits per heavy atom. The summed E-state index contributed by atoms with van der Waals surface area (Å²) in [6.07, 6.45) is 93.4. The van der Waals surface area contributed by atoms with Gasteiger partial charge in [0.1, 0.15) is 19.3 Å². The Morgan fingerprint density at radius 3 is 0.741 bits per heavy atom. The molecule has 0 rings (SSSR count). The van der Waals surface area contributed by atoms with Crippen LogP contribution in [0.4, 0.5) is 0 Å². The highest BCUT2D eigenvalue weighted by Crippen LogP contribution is 2.45. The Labute approximate surface area is 655 Å². The first-order valence-corrected chi connectivity index (χ1v) is 44.7. The summed E-state index contributed by atoms with van der Waals surface area (Å²) in [6.45, 7) is 4.46. The molecule has 0 aromatic carbocycles. The van der Waals surface area contributed by atoms with Gasteiger partial charge in [0.15, 0.2) is 12.2 Å². The molecule has 0 saturated carbocycles. The molecule has 17 nitrogen and oxygen atoms in total. The highest BCUT2D eigenvalue weighted by Gasteiger charge is 2.30. The number of carbonyl (C=O) groups excluding carboxylic acids is 4. The minimum atomic E-state index is -5.00. The Bertz CT molecular complexity index is 2660. The van der Waals surface area contributed by atoms with Gasteiger partial charge in [-0.15, -0.1) is 0 Å². The minimum absolute atomic E-state index is 0.0676. The Hall–Kier alpha value is -5.32. The molecule has 5 atom stereocenters. The predicted octanol–water partition coefficient (Wildman–Crippen LogP) is 24.8. The third kappa shape index (κ3) is 78.8. The Kier molecular flexibility index (Phi) is 75.8. The lowest BCUT2D eigenvalue weighted by atomic mass is 10.1. The zero-order valence-corrected chi connectivity index (χ0v) is 69.3. The third-order valence-corrected chi connectivity index (χ3v) is 18.9. The molecule has 108 heavy (non-hydrogen) atoms. The molecule has 0 aromatic rings. The lowest BCUT2D eigenvalue weighted by molar-refractivity contribution is -0.161.